The molecule has 2 aliphatic carbocycles. The fourth-order valence-electron chi connectivity index (χ4n) is 8.34. The Balaban J connectivity index is 0.000000273. The molecule has 6 aliphatic rings. The lowest BCUT2D eigenvalue weighted by Crippen LogP contribution is -2.58. The lowest BCUT2D eigenvalue weighted by atomic mass is 9.99. The van der Waals surface area contributed by atoms with Crippen LogP contribution in [0.2, 0.25) is 0 Å². The Hall–Kier alpha value is -1.14. The second-order valence-electron chi connectivity index (χ2n) is 12.2. The minimum absolute atomic E-state index is 0. The quantitative estimate of drug-likeness (QED) is 0.461. The van der Waals surface area contributed by atoms with E-state index in [1.54, 1.807) is 0 Å². The number of amides is 2. The average Bonchev–Trinajstić information content (AvgIpc) is 3.68. The molecule has 4 heterocycles. The fraction of sp³-hybridized carbons (Fsp3) is 0.759. The van der Waals surface area contributed by atoms with Gasteiger partial charge in [-0.2, -0.15) is 12.7 Å². The van der Waals surface area contributed by atoms with Gasteiger partial charge in [0, 0.05) is 56.0 Å². The molecule has 2 amide bonds. The molecule has 0 radical (unpaired) electrons. The monoisotopic (exact) mass is 630 g/mol. The van der Waals surface area contributed by atoms with E-state index < -0.39 is 16.2 Å². The van der Waals surface area contributed by atoms with Crippen LogP contribution < -0.4 is 15.4 Å². The Labute approximate surface area is 258 Å². The number of nitrogens with one attached hydrogen (secondary N) is 3. The van der Waals surface area contributed by atoms with Crippen LogP contribution in [0.5, 0.6) is 0 Å². The molecule has 12 heteroatoms. The van der Waals surface area contributed by atoms with Crippen LogP contribution in [0.3, 0.4) is 0 Å². The highest BCUT2D eigenvalue weighted by Crippen LogP contribution is 2.38. The zero-order chi connectivity index (χ0) is 27.1. The van der Waals surface area contributed by atoms with Crippen LogP contribution in [0.15, 0.2) is 6.07 Å². The van der Waals surface area contributed by atoms with Gasteiger partial charge in [0.1, 0.15) is 0 Å². The Morgan fingerprint density at radius 2 is 1.32 bits per heavy atom. The van der Waals surface area contributed by atoms with Crippen molar-refractivity contribution < 1.29 is 13.2 Å². The van der Waals surface area contributed by atoms with E-state index in [2.05, 4.69) is 45.1 Å². The number of carbonyl (C=O) groups excluding carboxylic acids is 1. The van der Waals surface area contributed by atoms with E-state index in [1.165, 1.54) is 59.0 Å². The van der Waals surface area contributed by atoms with Crippen molar-refractivity contribution in [1.82, 2.24) is 24.1 Å². The number of fused-ring (bicyclic) bond motifs is 6. The maximum Gasteiger partial charge on any atom is 0.333 e. The Bertz CT molecular complexity index is 1140. The summed E-state index contributed by atoms with van der Waals surface area (Å²) in [6, 6.07) is 3.92. The van der Waals surface area contributed by atoms with Gasteiger partial charge in [-0.1, -0.05) is 19.9 Å². The van der Waals surface area contributed by atoms with Crippen molar-refractivity contribution in [2.24, 2.45) is 0 Å². The molecule has 1 aromatic carbocycles. The van der Waals surface area contributed by atoms with Crippen LogP contribution in [0.4, 0.5) is 10.5 Å². The molecule has 4 unspecified atom stereocenters. The minimum atomic E-state index is -3.84. The highest BCUT2D eigenvalue weighted by atomic mass is 35.5. The Morgan fingerprint density at radius 3 is 1.80 bits per heavy atom. The zero-order valence-electron chi connectivity index (χ0n) is 24.5. The topological polar surface area (TPSA) is 97.0 Å². The molecule has 0 aromatic heterocycles. The maximum absolute atomic E-state index is 12.9. The van der Waals surface area contributed by atoms with Gasteiger partial charge < -0.3 is 10.6 Å². The largest absolute Gasteiger partial charge is 0.333 e. The van der Waals surface area contributed by atoms with E-state index in [0.717, 1.165) is 75.7 Å². The molecule has 232 valence electrons. The van der Waals surface area contributed by atoms with E-state index in [-0.39, 0.29) is 36.9 Å². The van der Waals surface area contributed by atoms with Crippen molar-refractivity contribution in [2.75, 3.05) is 44.6 Å². The van der Waals surface area contributed by atoms with Gasteiger partial charge in [0.15, 0.2) is 0 Å². The summed E-state index contributed by atoms with van der Waals surface area (Å²) in [5.74, 6) is 0. The van der Waals surface area contributed by atoms with E-state index in [0.29, 0.717) is 13.1 Å². The summed E-state index contributed by atoms with van der Waals surface area (Å²) >= 11 is 0. The van der Waals surface area contributed by atoms with E-state index >= 15 is 0 Å². The van der Waals surface area contributed by atoms with Gasteiger partial charge in [0.05, 0.1) is 0 Å². The summed E-state index contributed by atoms with van der Waals surface area (Å²) in [6.07, 6.45) is 11.1. The molecule has 4 saturated heterocycles. The Kier molecular flexibility index (Phi) is 10.9. The number of urea groups is 1. The highest BCUT2D eigenvalue weighted by Gasteiger charge is 2.43. The van der Waals surface area contributed by atoms with Crippen LogP contribution in [0, 0.1) is 0 Å². The molecule has 0 spiro atoms. The van der Waals surface area contributed by atoms with Crippen molar-refractivity contribution in [2.45, 2.75) is 102 Å². The first kappa shape index (κ1) is 32.8. The molecular formula is C29H48Cl2N6O3S. The third-order valence-corrected chi connectivity index (χ3v) is 11.6. The molecule has 4 atom stereocenters. The lowest BCUT2D eigenvalue weighted by Gasteiger charge is -2.39. The number of hydrogen-bond acceptors (Lipinski definition) is 6. The smallest absolute Gasteiger partial charge is 0.314 e. The van der Waals surface area contributed by atoms with Crippen molar-refractivity contribution in [3.05, 3.63) is 28.3 Å². The predicted molar refractivity (Wildman–Crippen MR) is 169 cm³/mol. The number of carbonyl (C=O) groups is 1. The molecule has 7 rings (SSSR count). The van der Waals surface area contributed by atoms with Gasteiger partial charge in [-0.15, -0.1) is 24.8 Å². The summed E-state index contributed by atoms with van der Waals surface area (Å²) in [6.45, 7) is 9.97. The van der Waals surface area contributed by atoms with Gasteiger partial charge >= 0.3 is 16.2 Å². The van der Waals surface area contributed by atoms with Crippen molar-refractivity contribution in [3.8, 4) is 0 Å². The number of likely N-dealkylation sites (N-methyl/N-ethyl adjacent to an activating group) is 2. The number of benzene rings is 1. The standard InChI is InChI=1S/C21H30N4O3S.C8H16N2.2ClH/c1-2-25-16-9-10-17(25)13-24(12-16)29(27,28)23-21(26)22-20-18-7-3-5-14(18)11-15-6-4-8-19(15)20;1-2-10-7-3-4-8(10)6-9-5-7;;/h11,16-17H,2-10,12-13H2,1H3,(H2,22,23,26);7-9H,2-6H2,1H3;2*1H. The number of anilines is 1. The Morgan fingerprint density at radius 1 is 0.829 bits per heavy atom. The van der Waals surface area contributed by atoms with Crippen LogP contribution >= 0.6 is 24.8 Å². The van der Waals surface area contributed by atoms with E-state index in [4.69, 9.17) is 0 Å². The molecular weight excluding hydrogens is 583 g/mol. The van der Waals surface area contributed by atoms with E-state index in [9.17, 15) is 13.2 Å². The van der Waals surface area contributed by atoms with Gasteiger partial charge in [-0.05, 0) is 99.6 Å². The zero-order valence-corrected chi connectivity index (χ0v) is 26.9. The van der Waals surface area contributed by atoms with Crippen LogP contribution in [0.1, 0.15) is 74.6 Å². The van der Waals surface area contributed by atoms with Gasteiger partial charge in [-0.3, -0.25) is 9.80 Å². The third kappa shape index (κ3) is 6.54. The first-order valence-corrected chi connectivity index (χ1v) is 16.8. The maximum atomic E-state index is 12.9. The molecule has 0 saturated carbocycles. The number of piperazine rings is 2. The number of nitrogens with zero attached hydrogens (tertiary/aromatic N) is 3. The molecule has 4 aliphatic heterocycles. The summed E-state index contributed by atoms with van der Waals surface area (Å²) in [4.78, 5) is 17.8. The van der Waals surface area contributed by atoms with Crippen molar-refractivity contribution >= 4 is 46.7 Å². The SMILES string of the molecule is CCN1C2CCC1CN(S(=O)(=O)NC(=O)Nc1c3c(cc4c1CCC4)CCC3)C2.CCN1C2CCC1CNC2.Cl.Cl. The van der Waals surface area contributed by atoms with Crippen molar-refractivity contribution in [1.29, 1.82) is 0 Å². The number of hydrogen-bond donors (Lipinski definition) is 3. The molecule has 3 N–H and O–H groups in total. The highest BCUT2D eigenvalue weighted by molar-refractivity contribution is 7.87. The van der Waals surface area contributed by atoms with Crippen LogP contribution in [0.25, 0.3) is 0 Å². The van der Waals surface area contributed by atoms with Crippen LogP contribution in [-0.4, -0.2) is 92.0 Å². The summed E-state index contributed by atoms with van der Waals surface area (Å²) in [5.41, 5.74) is 5.91. The average molecular weight is 632 g/mol. The summed E-state index contributed by atoms with van der Waals surface area (Å²) in [7, 11) is -3.84. The minimum Gasteiger partial charge on any atom is -0.314 e. The second kappa shape index (κ2) is 13.7. The molecule has 1 aromatic rings. The fourth-order valence-corrected chi connectivity index (χ4v) is 9.49. The molecule has 9 nitrogen and oxygen atoms in total. The first-order valence-electron chi connectivity index (χ1n) is 15.4. The van der Waals surface area contributed by atoms with Gasteiger partial charge in [0.25, 0.3) is 0 Å². The van der Waals surface area contributed by atoms with Crippen molar-refractivity contribution in [3.63, 3.8) is 0 Å². The lowest BCUT2D eigenvalue weighted by molar-refractivity contribution is 0.116. The predicted octanol–water partition coefficient (Wildman–Crippen LogP) is 3.48. The van der Waals surface area contributed by atoms with Gasteiger partial charge in [0.2, 0.25) is 0 Å². The number of halogens is 2. The van der Waals surface area contributed by atoms with Gasteiger partial charge in [-0.25, -0.2) is 9.52 Å². The third-order valence-electron chi connectivity index (χ3n) is 10.1. The first-order chi connectivity index (χ1) is 18.9. The molecule has 4 fully saturated rings. The second-order valence-corrected chi connectivity index (χ2v) is 13.9. The van der Waals surface area contributed by atoms with Crippen LogP contribution in [-0.2, 0) is 35.9 Å². The molecule has 41 heavy (non-hydrogen) atoms. The summed E-state index contributed by atoms with van der Waals surface area (Å²) in [5, 5.41) is 6.40. The molecule has 4 bridgehead atoms. The number of rotatable bonds is 5. The number of aryl methyl sites for hydroxylation is 2. The summed E-state index contributed by atoms with van der Waals surface area (Å²) < 4.78 is 29.6. The van der Waals surface area contributed by atoms with E-state index in [1.807, 2.05) is 0 Å². The normalized spacial score (nSPS) is 28.5.